The number of hydrogen-bond donors (Lipinski definition) is 0. The van der Waals surface area contributed by atoms with Gasteiger partial charge in [0.05, 0.1) is 6.61 Å². The lowest BCUT2D eigenvalue weighted by Gasteiger charge is -2.43. The van der Waals surface area contributed by atoms with E-state index in [0.717, 1.165) is 18.4 Å². The Kier molecular flexibility index (Phi) is 5.20. The first-order chi connectivity index (χ1) is 14.1. The molecule has 0 spiro atoms. The Labute approximate surface area is 167 Å². The highest BCUT2D eigenvalue weighted by Crippen LogP contribution is 2.26. The standard InChI is InChI=1S/C20H22N4O5/c1-2-28-19(27)16-17(29-13-14-8-4-3-5-9-14)18(26)22-12-15(25)23-10-6-7-11-24(23)20(22)21-16/h3-5,8-9H,2,6-7,10-13H2,1H3. The van der Waals surface area contributed by atoms with Crippen molar-refractivity contribution >= 4 is 17.8 Å². The average Bonchev–Trinajstić information content (AvgIpc) is 2.74. The number of anilines is 1. The minimum Gasteiger partial charge on any atom is -0.481 e. The molecule has 1 aromatic carbocycles. The molecular weight excluding hydrogens is 376 g/mol. The summed E-state index contributed by atoms with van der Waals surface area (Å²) >= 11 is 0. The molecule has 0 radical (unpaired) electrons. The van der Waals surface area contributed by atoms with Gasteiger partial charge >= 0.3 is 5.97 Å². The molecule has 9 heteroatoms. The van der Waals surface area contributed by atoms with Gasteiger partial charge in [-0.15, -0.1) is 0 Å². The molecule has 0 atom stereocenters. The molecule has 0 unspecified atom stereocenters. The van der Waals surface area contributed by atoms with Crippen LogP contribution in [-0.4, -0.2) is 46.1 Å². The van der Waals surface area contributed by atoms with Gasteiger partial charge in [0, 0.05) is 13.1 Å². The number of amides is 1. The first-order valence-corrected chi connectivity index (χ1v) is 9.66. The summed E-state index contributed by atoms with van der Waals surface area (Å²) < 4.78 is 12.1. The minimum absolute atomic E-state index is 0.0906. The summed E-state index contributed by atoms with van der Waals surface area (Å²) in [5.41, 5.74) is 0.106. The molecule has 0 aliphatic carbocycles. The number of rotatable bonds is 5. The van der Waals surface area contributed by atoms with Crippen molar-refractivity contribution < 1.29 is 19.1 Å². The molecule has 2 aromatic rings. The van der Waals surface area contributed by atoms with Crippen LogP contribution in [0.2, 0.25) is 0 Å². The summed E-state index contributed by atoms with van der Waals surface area (Å²) in [5, 5.41) is 3.26. The van der Waals surface area contributed by atoms with E-state index in [-0.39, 0.29) is 43.1 Å². The van der Waals surface area contributed by atoms with E-state index in [2.05, 4.69) is 4.98 Å². The first kappa shape index (κ1) is 19.0. The lowest BCUT2D eigenvalue weighted by Crippen LogP contribution is -2.58. The molecule has 1 fully saturated rings. The van der Waals surface area contributed by atoms with E-state index in [4.69, 9.17) is 9.47 Å². The number of nitrogens with zero attached hydrogens (tertiary/aromatic N) is 4. The van der Waals surface area contributed by atoms with Crippen molar-refractivity contribution in [1.82, 2.24) is 14.6 Å². The van der Waals surface area contributed by atoms with Crippen molar-refractivity contribution in [2.24, 2.45) is 0 Å². The molecular formula is C20H22N4O5. The zero-order valence-electron chi connectivity index (χ0n) is 16.2. The van der Waals surface area contributed by atoms with Gasteiger partial charge in [0.1, 0.15) is 13.2 Å². The molecule has 0 bridgehead atoms. The van der Waals surface area contributed by atoms with Crippen molar-refractivity contribution in [2.75, 3.05) is 24.7 Å². The minimum atomic E-state index is -0.725. The van der Waals surface area contributed by atoms with Gasteiger partial charge in [-0.25, -0.2) is 14.8 Å². The van der Waals surface area contributed by atoms with E-state index in [1.807, 2.05) is 30.3 Å². The highest BCUT2D eigenvalue weighted by molar-refractivity contribution is 5.91. The third-order valence-corrected chi connectivity index (χ3v) is 4.90. The fourth-order valence-corrected chi connectivity index (χ4v) is 3.51. The number of carbonyl (C=O) groups excluding carboxylic acids is 2. The van der Waals surface area contributed by atoms with Gasteiger partial charge in [-0.3, -0.25) is 19.2 Å². The van der Waals surface area contributed by atoms with Gasteiger partial charge in [0.25, 0.3) is 11.5 Å². The van der Waals surface area contributed by atoms with E-state index >= 15 is 0 Å². The summed E-state index contributed by atoms with van der Waals surface area (Å²) in [5.74, 6) is -0.839. The van der Waals surface area contributed by atoms with Crippen LogP contribution in [0, 0.1) is 0 Å². The van der Waals surface area contributed by atoms with Crippen molar-refractivity contribution in [3.05, 3.63) is 51.9 Å². The Balaban J connectivity index is 1.77. The summed E-state index contributed by atoms with van der Waals surface area (Å²) in [4.78, 5) is 42.6. The quantitative estimate of drug-likeness (QED) is 0.702. The topological polar surface area (TPSA) is 94.0 Å². The Morgan fingerprint density at radius 3 is 2.55 bits per heavy atom. The number of hydrogen-bond acceptors (Lipinski definition) is 7. The van der Waals surface area contributed by atoms with Gasteiger partial charge in [-0.1, -0.05) is 30.3 Å². The second-order valence-electron chi connectivity index (χ2n) is 6.82. The van der Waals surface area contributed by atoms with Crippen molar-refractivity contribution in [3.8, 4) is 5.75 Å². The molecule has 9 nitrogen and oxygen atoms in total. The monoisotopic (exact) mass is 398 g/mol. The summed E-state index contributed by atoms with van der Waals surface area (Å²) in [7, 11) is 0. The molecule has 1 aromatic heterocycles. The van der Waals surface area contributed by atoms with Crippen LogP contribution < -0.4 is 15.3 Å². The number of ether oxygens (including phenoxy) is 2. The molecule has 1 saturated heterocycles. The van der Waals surface area contributed by atoms with Crippen LogP contribution in [0.5, 0.6) is 5.75 Å². The second-order valence-corrected chi connectivity index (χ2v) is 6.82. The van der Waals surface area contributed by atoms with Gasteiger partial charge in [-0.2, -0.15) is 0 Å². The maximum atomic E-state index is 13.2. The molecule has 2 aliphatic rings. The fourth-order valence-electron chi connectivity index (χ4n) is 3.51. The fraction of sp³-hybridized carbons (Fsp3) is 0.400. The molecule has 2 aliphatic heterocycles. The number of aromatic nitrogens is 2. The third-order valence-electron chi connectivity index (χ3n) is 4.90. The predicted octanol–water partition coefficient (Wildman–Crippen LogP) is 1.36. The maximum absolute atomic E-state index is 13.2. The highest BCUT2D eigenvalue weighted by Gasteiger charge is 2.36. The van der Waals surface area contributed by atoms with Crippen LogP contribution in [0.4, 0.5) is 5.95 Å². The second kappa shape index (κ2) is 7.94. The molecule has 4 rings (SSSR count). The van der Waals surface area contributed by atoms with Gasteiger partial charge in [0.15, 0.2) is 5.69 Å². The van der Waals surface area contributed by atoms with Gasteiger partial charge in [-0.05, 0) is 25.3 Å². The van der Waals surface area contributed by atoms with Crippen molar-refractivity contribution in [3.63, 3.8) is 0 Å². The first-order valence-electron chi connectivity index (χ1n) is 9.66. The number of benzene rings is 1. The SMILES string of the molecule is CCOC(=O)c1nc2n(c(=O)c1OCc1ccccc1)CC(=O)N1CCCCN21. The Morgan fingerprint density at radius 1 is 1.10 bits per heavy atom. The number of hydrazine groups is 1. The predicted molar refractivity (Wildman–Crippen MR) is 104 cm³/mol. The zero-order chi connectivity index (χ0) is 20.4. The van der Waals surface area contributed by atoms with Crippen LogP contribution >= 0.6 is 0 Å². The van der Waals surface area contributed by atoms with E-state index in [0.29, 0.717) is 13.1 Å². The van der Waals surface area contributed by atoms with E-state index in [1.165, 1.54) is 4.57 Å². The van der Waals surface area contributed by atoms with Gasteiger partial charge < -0.3 is 9.47 Å². The van der Waals surface area contributed by atoms with Crippen LogP contribution in [0.25, 0.3) is 0 Å². The van der Waals surface area contributed by atoms with Crippen LogP contribution in [0.15, 0.2) is 35.1 Å². The Hall–Kier alpha value is -3.36. The van der Waals surface area contributed by atoms with Crippen LogP contribution in [0.3, 0.4) is 0 Å². The lowest BCUT2D eigenvalue weighted by atomic mass is 10.2. The Morgan fingerprint density at radius 2 is 1.83 bits per heavy atom. The van der Waals surface area contributed by atoms with E-state index < -0.39 is 11.5 Å². The third kappa shape index (κ3) is 3.55. The zero-order valence-corrected chi connectivity index (χ0v) is 16.2. The van der Waals surface area contributed by atoms with Gasteiger partial charge in [0.2, 0.25) is 11.7 Å². The van der Waals surface area contributed by atoms with E-state index in [1.54, 1.807) is 16.9 Å². The largest absolute Gasteiger partial charge is 0.481 e. The van der Waals surface area contributed by atoms with Crippen molar-refractivity contribution in [2.45, 2.75) is 32.9 Å². The Bertz CT molecular complexity index is 988. The summed E-state index contributed by atoms with van der Waals surface area (Å²) in [6.45, 7) is 2.89. The molecule has 0 N–H and O–H groups in total. The summed E-state index contributed by atoms with van der Waals surface area (Å²) in [6, 6.07) is 9.28. The van der Waals surface area contributed by atoms with Crippen LogP contribution in [-0.2, 0) is 22.7 Å². The van der Waals surface area contributed by atoms with Crippen molar-refractivity contribution in [1.29, 1.82) is 0 Å². The molecule has 29 heavy (non-hydrogen) atoms. The molecule has 1 amide bonds. The average molecular weight is 398 g/mol. The lowest BCUT2D eigenvalue weighted by molar-refractivity contribution is -0.134. The number of carbonyl (C=O) groups is 2. The normalized spacial score (nSPS) is 15.6. The summed E-state index contributed by atoms with van der Waals surface area (Å²) in [6.07, 6.45) is 1.75. The smallest absolute Gasteiger partial charge is 0.361 e. The van der Waals surface area contributed by atoms with E-state index in [9.17, 15) is 14.4 Å². The molecule has 152 valence electrons. The number of esters is 1. The molecule has 0 saturated carbocycles. The maximum Gasteiger partial charge on any atom is 0.361 e. The number of fused-ring (bicyclic) bond motifs is 3. The highest BCUT2D eigenvalue weighted by atomic mass is 16.5. The van der Waals surface area contributed by atoms with Crippen LogP contribution in [0.1, 0.15) is 35.8 Å². The molecule has 3 heterocycles.